The van der Waals surface area contributed by atoms with Crippen LogP contribution in [0.5, 0.6) is 0 Å². The van der Waals surface area contributed by atoms with Gasteiger partial charge in [-0.2, -0.15) is 5.10 Å². The highest BCUT2D eigenvalue weighted by Gasteiger charge is 2.20. The molecule has 1 aliphatic rings. The van der Waals surface area contributed by atoms with E-state index in [2.05, 4.69) is 34.5 Å². The highest BCUT2D eigenvalue weighted by molar-refractivity contribution is 5.94. The van der Waals surface area contributed by atoms with Gasteiger partial charge in [-0.05, 0) is 32.5 Å². The van der Waals surface area contributed by atoms with Crippen LogP contribution in [0.2, 0.25) is 0 Å². The fourth-order valence-corrected chi connectivity index (χ4v) is 2.64. The fraction of sp³-hybridized carbons (Fsp3) is 0.733. The zero-order chi connectivity index (χ0) is 15.1. The van der Waals surface area contributed by atoms with Gasteiger partial charge in [-0.3, -0.25) is 9.48 Å². The predicted molar refractivity (Wildman–Crippen MR) is 84.3 cm³/mol. The molecule has 1 saturated heterocycles. The first-order valence-corrected chi connectivity index (χ1v) is 8.02. The number of nitrogens with one attached hydrogen (secondary N) is 2. The van der Waals surface area contributed by atoms with Crippen molar-refractivity contribution in [3.05, 3.63) is 12.4 Å². The lowest BCUT2D eigenvalue weighted by atomic mass is 10.0. The Morgan fingerprint density at radius 3 is 2.95 bits per heavy atom. The Morgan fingerprint density at radius 1 is 1.48 bits per heavy atom. The topological polar surface area (TPSA) is 62.2 Å². The third-order valence-corrected chi connectivity index (χ3v) is 4.07. The summed E-state index contributed by atoms with van der Waals surface area (Å²) in [5.74, 6) is 0.0537. The predicted octanol–water partition coefficient (Wildman–Crippen LogP) is 1.31. The van der Waals surface area contributed by atoms with E-state index in [-0.39, 0.29) is 11.9 Å². The van der Waals surface area contributed by atoms with Crippen LogP contribution >= 0.6 is 0 Å². The Morgan fingerprint density at radius 2 is 2.29 bits per heavy atom. The molecule has 118 valence electrons. The molecular weight excluding hydrogens is 266 g/mol. The first kappa shape index (κ1) is 16.0. The van der Waals surface area contributed by atoms with E-state index in [4.69, 9.17) is 0 Å². The lowest BCUT2D eigenvalue weighted by Gasteiger charge is -2.22. The first-order valence-electron chi connectivity index (χ1n) is 8.02. The van der Waals surface area contributed by atoms with E-state index < -0.39 is 0 Å². The van der Waals surface area contributed by atoms with Gasteiger partial charge in [-0.1, -0.05) is 20.3 Å². The van der Waals surface area contributed by atoms with Crippen molar-refractivity contribution >= 4 is 11.6 Å². The lowest BCUT2D eigenvalue weighted by molar-refractivity contribution is -0.118. The minimum atomic E-state index is -0.0576. The van der Waals surface area contributed by atoms with Gasteiger partial charge in [0.15, 0.2) is 0 Å². The summed E-state index contributed by atoms with van der Waals surface area (Å²) in [5.41, 5.74) is 0.784. The van der Waals surface area contributed by atoms with Gasteiger partial charge in [0.1, 0.15) is 0 Å². The van der Waals surface area contributed by atoms with E-state index >= 15 is 0 Å². The Labute approximate surface area is 126 Å². The van der Waals surface area contributed by atoms with Crippen LogP contribution in [0.15, 0.2) is 12.4 Å². The number of nitrogens with zero attached hydrogens (tertiary/aromatic N) is 3. The largest absolute Gasteiger partial charge is 0.322 e. The third-order valence-electron chi connectivity index (χ3n) is 4.07. The van der Waals surface area contributed by atoms with Gasteiger partial charge in [0.2, 0.25) is 5.91 Å². The number of anilines is 1. The summed E-state index contributed by atoms with van der Waals surface area (Å²) in [7, 11) is 0. The highest BCUT2D eigenvalue weighted by atomic mass is 16.2. The molecule has 1 aromatic rings. The second-order valence-electron chi connectivity index (χ2n) is 5.51. The molecule has 2 rings (SSSR count). The van der Waals surface area contributed by atoms with Crippen LogP contribution in [0.3, 0.4) is 0 Å². The second-order valence-corrected chi connectivity index (χ2v) is 5.51. The summed E-state index contributed by atoms with van der Waals surface area (Å²) in [6, 6.07) is -0.0576. The van der Waals surface area contributed by atoms with Crippen LogP contribution in [0.25, 0.3) is 0 Å². The quantitative estimate of drug-likeness (QED) is 0.795. The molecule has 1 amide bonds. The monoisotopic (exact) mass is 293 g/mol. The van der Waals surface area contributed by atoms with E-state index in [0.717, 1.165) is 57.7 Å². The van der Waals surface area contributed by atoms with Gasteiger partial charge < -0.3 is 15.5 Å². The zero-order valence-corrected chi connectivity index (χ0v) is 13.1. The molecule has 6 heteroatoms. The Balaban J connectivity index is 1.80. The molecule has 0 bridgehead atoms. The van der Waals surface area contributed by atoms with Crippen LogP contribution in [0.4, 0.5) is 5.69 Å². The average molecular weight is 293 g/mol. The van der Waals surface area contributed by atoms with Crippen molar-refractivity contribution in [1.29, 1.82) is 0 Å². The summed E-state index contributed by atoms with van der Waals surface area (Å²) in [6.45, 7) is 9.18. The van der Waals surface area contributed by atoms with E-state index in [9.17, 15) is 4.79 Å². The molecule has 1 atom stereocenters. The van der Waals surface area contributed by atoms with E-state index in [1.807, 2.05) is 10.9 Å². The molecule has 0 unspecified atom stereocenters. The molecule has 21 heavy (non-hydrogen) atoms. The molecule has 0 aromatic carbocycles. The first-order chi connectivity index (χ1) is 10.2. The Kier molecular flexibility index (Phi) is 6.20. The number of carbonyl (C=O) groups excluding carboxylic acids is 1. The molecule has 6 nitrogen and oxygen atoms in total. The van der Waals surface area contributed by atoms with Gasteiger partial charge in [0.25, 0.3) is 0 Å². The summed E-state index contributed by atoms with van der Waals surface area (Å²) >= 11 is 0. The van der Waals surface area contributed by atoms with E-state index in [0.29, 0.717) is 0 Å². The minimum absolute atomic E-state index is 0.0537. The maximum absolute atomic E-state index is 12.1. The van der Waals surface area contributed by atoms with Crippen LogP contribution in [0.1, 0.15) is 33.1 Å². The van der Waals surface area contributed by atoms with Crippen molar-refractivity contribution in [1.82, 2.24) is 20.0 Å². The summed E-state index contributed by atoms with van der Waals surface area (Å²) < 4.78 is 1.89. The average Bonchev–Trinajstić information content (AvgIpc) is 2.96. The standard InChI is InChI=1S/C15H27N5O/c1-3-19(4-2)9-10-20-12-13(11-17-20)18-15(21)14-7-5-6-8-16-14/h11-12,14,16H,3-10H2,1-2H3,(H,18,21)/t14-/m1/s1. The van der Waals surface area contributed by atoms with Crippen LogP contribution in [-0.2, 0) is 11.3 Å². The number of amides is 1. The molecule has 2 N–H and O–H groups in total. The molecule has 0 spiro atoms. The molecule has 0 aliphatic carbocycles. The molecular formula is C15H27N5O. The molecule has 0 saturated carbocycles. The van der Waals surface area contributed by atoms with Crippen LogP contribution in [0, 0.1) is 0 Å². The van der Waals surface area contributed by atoms with Crippen molar-refractivity contribution < 1.29 is 4.79 Å². The Hall–Kier alpha value is -1.40. The number of hydrogen-bond acceptors (Lipinski definition) is 4. The summed E-state index contributed by atoms with van der Waals surface area (Å²) in [4.78, 5) is 14.5. The normalized spacial score (nSPS) is 18.9. The number of rotatable bonds is 7. The summed E-state index contributed by atoms with van der Waals surface area (Å²) in [5, 5.41) is 10.5. The summed E-state index contributed by atoms with van der Waals surface area (Å²) in [6.07, 6.45) is 6.83. The number of hydrogen-bond donors (Lipinski definition) is 2. The zero-order valence-electron chi connectivity index (χ0n) is 13.1. The third kappa shape index (κ3) is 4.82. The van der Waals surface area contributed by atoms with Crippen molar-refractivity contribution in [2.24, 2.45) is 0 Å². The van der Waals surface area contributed by atoms with Gasteiger partial charge in [-0.15, -0.1) is 0 Å². The van der Waals surface area contributed by atoms with Crippen molar-refractivity contribution in [3.63, 3.8) is 0 Å². The van der Waals surface area contributed by atoms with Gasteiger partial charge >= 0.3 is 0 Å². The van der Waals surface area contributed by atoms with E-state index in [1.165, 1.54) is 0 Å². The van der Waals surface area contributed by atoms with Gasteiger partial charge in [-0.25, -0.2) is 0 Å². The molecule has 0 radical (unpaired) electrons. The molecule has 1 fully saturated rings. The second kappa shape index (κ2) is 8.14. The number of aromatic nitrogens is 2. The molecule has 2 heterocycles. The van der Waals surface area contributed by atoms with Crippen molar-refractivity contribution in [2.75, 3.05) is 31.5 Å². The van der Waals surface area contributed by atoms with Gasteiger partial charge in [0.05, 0.1) is 24.5 Å². The lowest BCUT2D eigenvalue weighted by Crippen LogP contribution is -2.43. The highest BCUT2D eigenvalue weighted by Crippen LogP contribution is 2.11. The molecule has 1 aromatic heterocycles. The van der Waals surface area contributed by atoms with Crippen LogP contribution in [-0.4, -0.2) is 52.8 Å². The number of carbonyl (C=O) groups is 1. The van der Waals surface area contributed by atoms with E-state index in [1.54, 1.807) is 6.20 Å². The van der Waals surface area contributed by atoms with Crippen LogP contribution < -0.4 is 10.6 Å². The maximum atomic E-state index is 12.1. The minimum Gasteiger partial charge on any atom is -0.322 e. The fourth-order valence-electron chi connectivity index (χ4n) is 2.64. The number of piperidine rings is 1. The maximum Gasteiger partial charge on any atom is 0.241 e. The Bertz CT molecular complexity index is 435. The van der Waals surface area contributed by atoms with Crippen molar-refractivity contribution in [2.45, 2.75) is 45.7 Å². The van der Waals surface area contributed by atoms with Gasteiger partial charge in [0, 0.05) is 12.7 Å². The van der Waals surface area contributed by atoms with Crippen molar-refractivity contribution in [3.8, 4) is 0 Å². The SMILES string of the molecule is CCN(CC)CCn1cc(NC(=O)[C@H]2CCCCN2)cn1. The number of likely N-dealkylation sites (N-methyl/N-ethyl adjacent to an activating group) is 1. The smallest absolute Gasteiger partial charge is 0.241 e. The molecule has 1 aliphatic heterocycles.